The number of carbonyl (C=O) groups is 2. The molecule has 0 atom stereocenters. The topological polar surface area (TPSA) is 94.7 Å². The third kappa shape index (κ3) is 8.39. The molecule has 1 heterocycles. The number of carbonyl (C=O) groups excluding carboxylic acids is 1. The molecule has 7 nitrogen and oxygen atoms in total. The number of carboxylic acid groups (broad SMARTS) is 1. The van der Waals surface area contributed by atoms with Crippen molar-refractivity contribution in [3.8, 4) is 5.75 Å². The van der Waals surface area contributed by atoms with Crippen LogP contribution in [0.2, 0.25) is 0 Å². The predicted molar refractivity (Wildman–Crippen MR) is 135 cm³/mol. The zero-order valence-corrected chi connectivity index (χ0v) is 20.2. The third-order valence-electron chi connectivity index (χ3n) is 5.04. The molecule has 0 fully saturated rings. The van der Waals surface area contributed by atoms with Gasteiger partial charge in [-0.3, -0.25) is 4.79 Å². The highest BCUT2D eigenvalue weighted by molar-refractivity contribution is 6.06. The van der Waals surface area contributed by atoms with Crippen LogP contribution in [0.15, 0.2) is 78.9 Å². The second-order valence-corrected chi connectivity index (χ2v) is 8.40. The highest BCUT2D eigenvalue weighted by Gasteiger charge is 2.38. The van der Waals surface area contributed by atoms with Gasteiger partial charge in [0.2, 0.25) is 0 Å². The van der Waals surface area contributed by atoms with Gasteiger partial charge < -0.3 is 25.0 Å². The van der Waals surface area contributed by atoms with Gasteiger partial charge in [-0.05, 0) is 61.6 Å². The van der Waals surface area contributed by atoms with Gasteiger partial charge >= 0.3 is 12.1 Å². The Morgan fingerprint density at radius 2 is 1.59 bits per heavy atom. The minimum absolute atomic E-state index is 0.168. The number of benzene rings is 3. The average molecular weight is 514 g/mol. The standard InChI is InChI=1S/C25H25N3O2.C2HF3O2/c1-28(2)16-18-8-10-21(11-9-18)26-25(29)24-15-20-14-22(12-13-23(20)27-24)30-17-19-6-4-3-5-7-19;3-2(4,5)1(6)7/h3-15,27H,16-17H2,1-2H3,(H,26,29);(H,6,7). The van der Waals surface area contributed by atoms with Crippen molar-refractivity contribution in [1.29, 1.82) is 0 Å². The molecule has 0 radical (unpaired) electrons. The fraction of sp³-hybridized carbons (Fsp3) is 0.185. The van der Waals surface area contributed by atoms with Crippen molar-refractivity contribution in [2.75, 3.05) is 19.4 Å². The Labute approximate surface area is 211 Å². The lowest BCUT2D eigenvalue weighted by atomic mass is 10.2. The van der Waals surface area contributed by atoms with Crippen molar-refractivity contribution < 1.29 is 32.6 Å². The highest BCUT2D eigenvalue weighted by Crippen LogP contribution is 2.23. The molecular formula is C27H26F3N3O4. The van der Waals surface area contributed by atoms with Crippen molar-refractivity contribution in [3.05, 3.63) is 95.7 Å². The van der Waals surface area contributed by atoms with E-state index in [0.29, 0.717) is 12.3 Å². The van der Waals surface area contributed by atoms with Gasteiger partial charge in [-0.25, -0.2) is 4.79 Å². The molecule has 0 saturated heterocycles. The first-order chi connectivity index (χ1) is 17.5. The number of aliphatic carboxylic acids is 1. The van der Waals surface area contributed by atoms with Crippen LogP contribution in [0.4, 0.5) is 18.9 Å². The number of amides is 1. The van der Waals surface area contributed by atoms with Crippen molar-refractivity contribution in [1.82, 2.24) is 9.88 Å². The largest absolute Gasteiger partial charge is 0.490 e. The average Bonchev–Trinajstić information content (AvgIpc) is 3.28. The second-order valence-electron chi connectivity index (χ2n) is 8.40. The molecule has 1 amide bonds. The molecule has 0 spiro atoms. The van der Waals surface area contributed by atoms with E-state index in [9.17, 15) is 18.0 Å². The molecule has 3 N–H and O–H groups in total. The Bertz CT molecular complexity index is 1330. The molecule has 0 aliphatic rings. The minimum atomic E-state index is -5.08. The van der Waals surface area contributed by atoms with Crippen LogP contribution in [0.5, 0.6) is 5.75 Å². The normalized spacial score (nSPS) is 11.1. The van der Waals surface area contributed by atoms with Crippen LogP contribution in [0.1, 0.15) is 21.6 Å². The van der Waals surface area contributed by atoms with Gasteiger partial charge in [0.15, 0.2) is 0 Å². The van der Waals surface area contributed by atoms with Crippen LogP contribution in [0.3, 0.4) is 0 Å². The summed E-state index contributed by atoms with van der Waals surface area (Å²) >= 11 is 0. The van der Waals surface area contributed by atoms with Crippen molar-refractivity contribution in [2.45, 2.75) is 19.3 Å². The van der Waals surface area contributed by atoms with Crippen LogP contribution in [0.25, 0.3) is 10.9 Å². The zero-order valence-electron chi connectivity index (χ0n) is 20.2. The Balaban J connectivity index is 0.000000479. The molecule has 10 heteroatoms. The second kappa shape index (κ2) is 12.1. The Hall–Kier alpha value is -4.31. The smallest absolute Gasteiger partial charge is 0.489 e. The number of aromatic nitrogens is 1. The van der Waals surface area contributed by atoms with Crippen LogP contribution >= 0.6 is 0 Å². The lowest BCUT2D eigenvalue weighted by molar-refractivity contribution is -0.192. The highest BCUT2D eigenvalue weighted by atomic mass is 19.4. The molecule has 0 aliphatic heterocycles. The van der Waals surface area contributed by atoms with E-state index in [2.05, 4.69) is 15.2 Å². The Kier molecular flexibility index (Phi) is 8.91. The first kappa shape index (κ1) is 27.3. The number of anilines is 1. The van der Waals surface area contributed by atoms with Crippen molar-refractivity contribution in [2.24, 2.45) is 0 Å². The molecule has 0 unspecified atom stereocenters. The SMILES string of the molecule is CN(C)Cc1ccc(NC(=O)c2cc3cc(OCc4ccccc4)ccc3[nH]2)cc1.O=C(O)C(F)(F)F. The van der Waals surface area contributed by atoms with E-state index in [-0.39, 0.29) is 5.91 Å². The van der Waals surface area contributed by atoms with Gasteiger partial charge in [-0.15, -0.1) is 0 Å². The maximum atomic E-state index is 12.7. The third-order valence-corrected chi connectivity index (χ3v) is 5.04. The number of H-pyrrole nitrogens is 1. The summed E-state index contributed by atoms with van der Waals surface area (Å²) < 4.78 is 37.6. The van der Waals surface area contributed by atoms with Gasteiger partial charge in [0.25, 0.3) is 5.91 Å². The summed E-state index contributed by atoms with van der Waals surface area (Å²) in [6.07, 6.45) is -5.08. The number of carboxylic acids is 1. The molecule has 194 valence electrons. The molecule has 4 rings (SSSR count). The number of fused-ring (bicyclic) bond motifs is 1. The number of nitrogens with one attached hydrogen (secondary N) is 2. The van der Waals surface area contributed by atoms with Gasteiger partial charge in [0, 0.05) is 23.1 Å². The van der Waals surface area contributed by atoms with Crippen LogP contribution < -0.4 is 10.1 Å². The number of alkyl halides is 3. The number of ether oxygens (including phenoxy) is 1. The lowest BCUT2D eigenvalue weighted by Crippen LogP contribution is -2.21. The molecule has 0 bridgehead atoms. The van der Waals surface area contributed by atoms with E-state index in [4.69, 9.17) is 14.6 Å². The fourth-order valence-electron chi connectivity index (χ4n) is 3.32. The maximum Gasteiger partial charge on any atom is 0.490 e. The van der Waals surface area contributed by atoms with Crippen LogP contribution in [-0.4, -0.2) is 47.1 Å². The van der Waals surface area contributed by atoms with Gasteiger partial charge in [-0.1, -0.05) is 42.5 Å². The van der Waals surface area contributed by atoms with Crippen molar-refractivity contribution >= 4 is 28.5 Å². The molecule has 3 aromatic carbocycles. The number of halogens is 3. The van der Waals surface area contributed by atoms with E-state index < -0.39 is 12.1 Å². The molecular weight excluding hydrogens is 487 g/mol. The number of hydrogen-bond acceptors (Lipinski definition) is 4. The van der Waals surface area contributed by atoms with Crippen molar-refractivity contribution in [3.63, 3.8) is 0 Å². The Morgan fingerprint density at radius 1 is 0.946 bits per heavy atom. The van der Waals surface area contributed by atoms with E-state index in [0.717, 1.165) is 34.4 Å². The van der Waals surface area contributed by atoms with Gasteiger partial charge in [-0.2, -0.15) is 13.2 Å². The molecule has 0 saturated carbocycles. The quantitative estimate of drug-likeness (QED) is 0.295. The number of rotatable bonds is 7. The van der Waals surface area contributed by atoms with E-state index in [1.54, 1.807) is 0 Å². The molecule has 0 aliphatic carbocycles. The van der Waals surface area contributed by atoms with Gasteiger partial charge in [0.05, 0.1) is 0 Å². The summed E-state index contributed by atoms with van der Waals surface area (Å²) in [5.74, 6) is -2.15. The zero-order chi connectivity index (χ0) is 27.0. The summed E-state index contributed by atoms with van der Waals surface area (Å²) in [5.41, 5.74) is 4.50. The van der Waals surface area contributed by atoms with E-state index in [1.807, 2.05) is 93.0 Å². The van der Waals surface area contributed by atoms with Gasteiger partial charge in [0.1, 0.15) is 18.1 Å². The monoisotopic (exact) mass is 513 g/mol. The Morgan fingerprint density at radius 3 is 2.19 bits per heavy atom. The molecule has 4 aromatic rings. The predicted octanol–water partition coefficient (Wildman–Crippen LogP) is 5.69. The minimum Gasteiger partial charge on any atom is -0.489 e. The maximum absolute atomic E-state index is 12.7. The summed E-state index contributed by atoms with van der Waals surface area (Å²) in [4.78, 5) is 26.8. The molecule has 1 aromatic heterocycles. The number of nitrogens with zero attached hydrogens (tertiary/aromatic N) is 1. The summed E-state index contributed by atoms with van der Waals surface area (Å²) in [7, 11) is 4.06. The molecule has 37 heavy (non-hydrogen) atoms. The number of hydrogen-bond donors (Lipinski definition) is 3. The lowest BCUT2D eigenvalue weighted by Gasteiger charge is -2.10. The van der Waals surface area contributed by atoms with Crippen LogP contribution in [-0.2, 0) is 17.9 Å². The summed E-state index contributed by atoms with van der Waals surface area (Å²) in [5, 5.41) is 11.0. The first-order valence-electron chi connectivity index (χ1n) is 11.2. The summed E-state index contributed by atoms with van der Waals surface area (Å²) in [6, 6.07) is 25.6. The summed E-state index contributed by atoms with van der Waals surface area (Å²) in [6.45, 7) is 1.37. The first-order valence-corrected chi connectivity index (χ1v) is 11.2. The van der Waals surface area contributed by atoms with Crippen LogP contribution in [0, 0.1) is 0 Å². The van der Waals surface area contributed by atoms with E-state index in [1.165, 1.54) is 5.56 Å². The van der Waals surface area contributed by atoms with E-state index >= 15 is 0 Å². The number of aromatic amines is 1. The fourth-order valence-corrected chi connectivity index (χ4v) is 3.32.